The largest absolute Gasteiger partial charge is 0.464 e. The number of nitrogens with one attached hydrogen (secondary N) is 1. The molecule has 18 heavy (non-hydrogen) atoms. The van der Waals surface area contributed by atoms with Crippen LogP contribution in [0.1, 0.15) is 35.4 Å². The highest BCUT2D eigenvalue weighted by atomic mass is 35.5. The lowest BCUT2D eigenvalue weighted by Gasteiger charge is -2.23. The quantitative estimate of drug-likeness (QED) is 0.846. The molecule has 1 N–H and O–H groups in total. The SMILES string of the molecule is Cc1c2cccoc-2c(C2CCNCC2)c1C.Cl. The van der Waals surface area contributed by atoms with Gasteiger partial charge in [0.05, 0.1) is 6.26 Å². The number of fused-ring (bicyclic) bond motifs is 1. The molecule has 2 aliphatic heterocycles. The van der Waals surface area contributed by atoms with Crippen molar-refractivity contribution in [3.63, 3.8) is 0 Å². The van der Waals surface area contributed by atoms with Gasteiger partial charge < -0.3 is 9.73 Å². The molecule has 1 fully saturated rings. The highest BCUT2D eigenvalue weighted by Crippen LogP contribution is 2.42. The lowest BCUT2D eigenvalue weighted by Crippen LogP contribution is -2.26. The Balaban J connectivity index is 0.00000120. The van der Waals surface area contributed by atoms with Crippen molar-refractivity contribution in [3.8, 4) is 11.3 Å². The van der Waals surface area contributed by atoms with E-state index in [0.717, 1.165) is 18.8 Å². The van der Waals surface area contributed by atoms with Gasteiger partial charge >= 0.3 is 0 Å². The van der Waals surface area contributed by atoms with E-state index >= 15 is 0 Å². The zero-order chi connectivity index (χ0) is 11.8. The summed E-state index contributed by atoms with van der Waals surface area (Å²) in [5.41, 5.74) is 5.57. The van der Waals surface area contributed by atoms with Crippen LogP contribution in [0.15, 0.2) is 22.8 Å². The van der Waals surface area contributed by atoms with Crippen molar-refractivity contribution in [1.29, 1.82) is 0 Å². The van der Waals surface area contributed by atoms with Crippen LogP contribution in [0.2, 0.25) is 0 Å². The zero-order valence-electron chi connectivity index (χ0n) is 11.0. The molecule has 3 rings (SSSR count). The third kappa shape index (κ3) is 2.04. The third-order valence-electron chi connectivity index (χ3n) is 4.13. The minimum atomic E-state index is 0. The van der Waals surface area contributed by atoms with E-state index in [4.69, 9.17) is 4.42 Å². The average molecular weight is 266 g/mol. The van der Waals surface area contributed by atoms with Crippen LogP contribution in [-0.2, 0) is 0 Å². The van der Waals surface area contributed by atoms with Crippen LogP contribution in [0.25, 0.3) is 11.3 Å². The highest BCUT2D eigenvalue weighted by Gasteiger charge is 2.27. The highest BCUT2D eigenvalue weighted by molar-refractivity contribution is 5.85. The van der Waals surface area contributed by atoms with Gasteiger partial charge in [-0.2, -0.15) is 0 Å². The van der Waals surface area contributed by atoms with E-state index < -0.39 is 0 Å². The first-order chi connectivity index (χ1) is 8.29. The predicted molar refractivity (Wildman–Crippen MR) is 76.9 cm³/mol. The fraction of sp³-hybridized carbons (Fsp3) is 0.467. The maximum Gasteiger partial charge on any atom is 0.137 e. The summed E-state index contributed by atoms with van der Waals surface area (Å²) in [6.45, 7) is 6.70. The molecule has 0 saturated carbocycles. The Morgan fingerprint density at radius 1 is 1.17 bits per heavy atom. The van der Waals surface area contributed by atoms with Gasteiger partial charge in [-0.05, 0) is 69.0 Å². The van der Waals surface area contributed by atoms with E-state index in [1.54, 1.807) is 6.26 Å². The van der Waals surface area contributed by atoms with Crippen LogP contribution in [-0.4, -0.2) is 13.1 Å². The molecule has 0 radical (unpaired) electrons. The molecule has 0 aromatic carbocycles. The summed E-state index contributed by atoms with van der Waals surface area (Å²) in [5, 5.41) is 3.43. The van der Waals surface area contributed by atoms with E-state index in [2.05, 4.69) is 25.2 Å². The monoisotopic (exact) mass is 265 g/mol. The zero-order valence-corrected chi connectivity index (χ0v) is 11.8. The Bertz CT molecular complexity index is 500. The maximum atomic E-state index is 5.78. The molecule has 0 atom stereocenters. The molecular weight excluding hydrogens is 246 g/mol. The van der Waals surface area contributed by atoms with Gasteiger partial charge in [-0.25, -0.2) is 0 Å². The first kappa shape index (κ1) is 13.4. The topological polar surface area (TPSA) is 25.2 Å². The molecule has 2 heterocycles. The first-order valence-corrected chi connectivity index (χ1v) is 6.46. The Morgan fingerprint density at radius 2 is 1.89 bits per heavy atom. The molecule has 3 heteroatoms. The fourth-order valence-corrected chi connectivity index (χ4v) is 3.06. The molecule has 1 saturated heterocycles. The Hall–Kier alpha value is -0.990. The van der Waals surface area contributed by atoms with Gasteiger partial charge in [-0.1, -0.05) is 0 Å². The second-order valence-electron chi connectivity index (χ2n) is 5.04. The minimum absolute atomic E-state index is 0. The van der Waals surface area contributed by atoms with Crippen LogP contribution < -0.4 is 5.32 Å². The van der Waals surface area contributed by atoms with Crippen molar-refractivity contribution in [2.45, 2.75) is 32.6 Å². The van der Waals surface area contributed by atoms with Crippen molar-refractivity contribution in [2.75, 3.05) is 13.1 Å². The number of hydrogen-bond acceptors (Lipinski definition) is 2. The summed E-state index contributed by atoms with van der Waals surface area (Å²) in [6, 6.07) is 4.16. The molecule has 0 amide bonds. The van der Waals surface area contributed by atoms with Crippen LogP contribution in [0.5, 0.6) is 0 Å². The number of halogens is 1. The van der Waals surface area contributed by atoms with Gasteiger partial charge in [0.1, 0.15) is 5.76 Å². The van der Waals surface area contributed by atoms with Gasteiger partial charge in [-0.15, -0.1) is 12.4 Å². The van der Waals surface area contributed by atoms with Crippen molar-refractivity contribution < 1.29 is 4.42 Å². The van der Waals surface area contributed by atoms with E-state index in [1.165, 1.54) is 35.1 Å². The van der Waals surface area contributed by atoms with Gasteiger partial charge in [0.15, 0.2) is 0 Å². The number of piperidine rings is 1. The van der Waals surface area contributed by atoms with E-state index in [1.807, 2.05) is 6.07 Å². The molecule has 2 nitrogen and oxygen atoms in total. The lowest BCUT2D eigenvalue weighted by molar-refractivity contribution is 0.451. The van der Waals surface area contributed by atoms with Crippen LogP contribution in [0.4, 0.5) is 0 Å². The third-order valence-corrected chi connectivity index (χ3v) is 4.13. The molecule has 3 aliphatic rings. The predicted octanol–water partition coefficient (Wildman–Crippen LogP) is 3.89. The lowest BCUT2D eigenvalue weighted by atomic mass is 9.88. The van der Waals surface area contributed by atoms with E-state index in [9.17, 15) is 0 Å². The maximum absolute atomic E-state index is 5.78. The Morgan fingerprint density at radius 3 is 2.61 bits per heavy atom. The van der Waals surface area contributed by atoms with Crippen LogP contribution in [0, 0.1) is 13.8 Å². The minimum Gasteiger partial charge on any atom is -0.464 e. The van der Waals surface area contributed by atoms with Gasteiger partial charge in [-0.3, -0.25) is 0 Å². The standard InChI is InChI=1S/C15H19NO.ClH/c1-10-11(2)14(12-5-7-16-8-6-12)15-13(10)4-3-9-17-15;/h3-4,9,12,16H,5-8H2,1-2H3;1H. The van der Waals surface area contributed by atoms with Crippen molar-refractivity contribution >= 4 is 12.4 Å². The molecule has 98 valence electrons. The first-order valence-electron chi connectivity index (χ1n) is 6.46. The molecule has 0 spiro atoms. The number of rotatable bonds is 1. The second-order valence-corrected chi connectivity index (χ2v) is 5.04. The van der Waals surface area contributed by atoms with Crippen LogP contribution in [0.3, 0.4) is 0 Å². The Labute approximate surface area is 115 Å². The number of hydrogen-bond donors (Lipinski definition) is 1. The fourth-order valence-electron chi connectivity index (χ4n) is 3.06. The van der Waals surface area contributed by atoms with Crippen molar-refractivity contribution in [3.05, 3.63) is 35.1 Å². The molecule has 0 unspecified atom stereocenters. The molecule has 0 aromatic heterocycles. The Kier molecular flexibility index (Phi) is 3.98. The van der Waals surface area contributed by atoms with Gasteiger partial charge in [0.25, 0.3) is 0 Å². The molecular formula is C15H20ClNO. The second kappa shape index (κ2) is 5.33. The van der Waals surface area contributed by atoms with Crippen molar-refractivity contribution in [2.24, 2.45) is 0 Å². The summed E-state index contributed by atoms with van der Waals surface area (Å²) in [4.78, 5) is 0. The van der Waals surface area contributed by atoms with E-state index in [-0.39, 0.29) is 12.4 Å². The average Bonchev–Trinajstić information content (AvgIpc) is 2.64. The van der Waals surface area contributed by atoms with Crippen LogP contribution >= 0.6 is 12.4 Å². The molecule has 0 aromatic rings. The molecule has 1 aliphatic carbocycles. The smallest absolute Gasteiger partial charge is 0.137 e. The van der Waals surface area contributed by atoms with Gasteiger partial charge in [0, 0.05) is 11.1 Å². The summed E-state index contributed by atoms with van der Waals surface area (Å²) in [5.74, 6) is 1.79. The van der Waals surface area contributed by atoms with E-state index in [0.29, 0.717) is 5.92 Å². The summed E-state index contributed by atoms with van der Waals surface area (Å²) >= 11 is 0. The summed E-state index contributed by atoms with van der Waals surface area (Å²) < 4.78 is 5.78. The van der Waals surface area contributed by atoms with Crippen molar-refractivity contribution in [1.82, 2.24) is 5.32 Å². The normalized spacial score (nSPS) is 16.8. The molecule has 0 bridgehead atoms. The summed E-state index contributed by atoms with van der Waals surface area (Å²) in [6.07, 6.45) is 4.25. The summed E-state index contributed by atoms with van der Waals surface area (Å²) in [7, 11) is 0. The van der Waals surface area contributed by atoms with Gasteiger partial charge in [0.2, 0.25) is 0 Å².